The second-order valence-corrected chi connectivity index (χ2v) is 10.1. The smallest absolute Gasteiger partial charge is 0.235 e. The summed E-state index contributed by atoms with van der Waals surface area (Å²) in [5.74, 6) is 1.54. The number of nitrogens with zero attached hydrogens (tertiary/aromatic N) is 4. The van der Waals surface area contributed by atoms with Crippen LogP contribution in [0.2, 0.25) is 5.02 Å². The molecule has 2 aliphatic heterocycles. The number of fused-ring (bicyclic) bond motifs is 2. The zero-order valence-corrected chi connectivity index (χ0v) is 20.9. The van der Waals surface area contributed by atoms with Gasteiger partial charge in [-0.05, 0) is 37.6 Å². The number of carbonyl (C=O) groups is 1. The molecule has 35 heavy (non-hydrogen) atoms. The van der Waals surface area contributed by atoms with Crippen molar-refractivity contribution in [1.82, 2.24) is 25.2 Å². The molecule has 0 aliphatic carbocycles. The SMILES string of the molecule is COc1ccc2ncc(Cl)c(CCN3CC[C@H](NCc4ccc5c(n4)NC(=O)CS5)[C@H](O)C3)c2n1. The second-order valence-electron chi connectivity index (χ2n) is 8.69. The largest absolute Gasteiger partial charge is 0.481 e. The number of β-amino-alcohol motifs (C(OH)–C–C–N with tert-alkyl or cyclic N) is 1. The van der Waals surface area contributed by atoms with Gasteiger partial charge in [0.2, 0.25) is 11.8 Å². The standard InChI is InChI=1S/C24H27ClN6O3S/c1-34-22-5-3-18-23(30-22)15(16(25)11-27-18)6-8-31-9-7-17(19(32)12-31)26-10-14-2-4-20-24(28-14)29-21(33)13-35-20/h2-5,11,17,19,26,32H,6-10,12-13H2,1H3,(H,28,29,33)/t17-,19+/m0/s1. The van der Waals surface area contributed by atoms with Gasteiger partial charge in [0, 0.05) is 43.5 Å². The molecule has 3 aromatic heterocycles. The molecule has 3 N–H and O–H groups in total. The number of aromatic nitrogens is 3. The van der Waals surface area contributed by atoms with Gasteiger partial charge in [0.1, 0.15) is 5.82 Å². The number of likely N-dealkylation sites (tertiary alicyclic amines) is 1. The quantitative estimate of drug-likeness (QED) is 0.437. The summed E-state index contributed by atoms with van der Waals surface area (Å²) >= 11 is 7.96. The van der Waals surface area contributed by atoms with E-state index in [0.717, 1.165) is 46.7 Å². The number of ether oxygens (including phenoxy) is 1. The molecule has 1 fully saturated rings. The second kappa shape index (κ2) is 10.6. The molecule has 0 aromatic carbocycles. The van der Waals surface area contributed by atoms with Gasteiger partial charge in [-0.25, -0.2) is 9.97 Å². The summed E-state index contributed by atoms with van der Waals surface area (Å²) in [6.45, 7) is 2.71. The van der Waals surface area contributed by atoms with E-state index in [2.05, 4.69) is 30.5 Å². The summed E-state index contributed by atoms with van der Waals surface area (Å²) in [5, 5.41) is 17.6. The first kappa shape index (κ1) is 24.2. The molecule has 1 amide bonds. The Morgan fingerprint density at radius 1 is 1.31 bits per heavy atom. The number of halogens is 1. The van der Waals surface area contributed by atoms with Crippen molar-refractivity contribution in [3.63, 3.8) is 0 Å². The number of hydrogen-bond donors (Lipinski definition) is 3. The molecule has 3 aromatic rings. The van der Waals surface area contributed by atoms with Crippen LogP contribution in [0.4, 0.5) is 5.82 Å². The fourth-order valence-electron chi connectivity index (χ4n) is 4.48. The minimum absolute atomic E-state index is 0.0238. The van der Waals surface area contributed by atoms with Gasteiger partial charge in [-0.15, -0.1) is 11.8 Å². The van der Waals surface area contributed by atoms with E-state index in [1.807, 2.05) is 18.2 Å². The molecular formula is C24H27ClN6O3S. The van der Waals surface area contributed by atoms with Crippen molar-refractivity contribution in [2.45, 2.75) is 36.4 Å². The molecule has 5 rings (SSSR count). The molecule has 1 saturated heterocycles. The first-order valence-corrected chi connectivity index (χ1v) is 12.9. The molecule has 5 heterocycles. The summed E-state index contributed by atoms with van der Waals surface area (Å²) < 4.78 is 5.27. The highest BCUT2D eigenvalue weighted by atomic mass is 35.5. The maximum atomic E-state index is 11.6. The molecule has 184 valence electrons. The fraction of sp³-hybridized carbons (Fsp3) is 0.417. The van der Waals surface area contributed by atoms with Gasteiger partial charge in [0.15, 0.2) is 0 Å². The number of hydrogen-bond acceptors (Lipinski definition) is 9. The normalized spacial score (nSPS) is 20.5. The summed E-state index contributed by atoms with van der Waals surface area (Å²) in [6, 6.07) is 7.59. The number of carbonyl (C=O) groups excluding carboxylic acids is 1. The monoisotopic (exact) mass is 514 g/mol. The first-order valence-electron chi connectivity index (χ1n) is 11.5. The summed E-state index contributed by atoms with van der Waals surface area (Å²) in [5.41, 5.74) is 3.31. The third kappa shape index (κ3) is 5.52. The number of aliphatic hydroxyl groups excluding tert-OH is 1. The average molecular weight is 515 g/mol. The van der Waals surface area contributed by atoms with Crippen LogP contribution in [-0.4, -0.2) is 75.5 Å². The Hall–Kier alpha value is -2.50. The van der Waals surface area contributed by atoms with E-state index in [-0.39, 0.29) is 11.9 Å². The van der Waals surface area contributed by atoms with Gasteiger partial charge >= 0.3 is 0 Å². The number of methoxy groups -OCH3 is 1. The van der Waals surface area contributed by atoms with Crippen LogP contribution in [0.1, 0.15) is 17.7 Å². The Kier molecular flexibility index (Phi) is 7.35. The molecule has 2 aliphatic rings. The van der Waals surface area contributed by atoms with Crippen LogP contribution in [0.25, 0.3) is 11.0 Å². The molecular weight excluding hydrogens is 488 g/mol. The van der Waals surface area contributed by atoms with E-state index in [0.29, 0.717) is 42.0 Å². The number of anilines is 1. The number of thioether (sulfide) groups is 1. The maximum Gasteiger partial charge on any atom is 0.235 e. The van der Waals surface area contributed by atoms with Gasteiger partial charge < -0.3 is 25.4 Å². The number of aliphatic hydroxyl groups is 1. The van der Waals surface area contributed by atoms with Crippen LogP contribution in [0, 0.1) is 0 Å². The van der Waals surface area contributed by atoms with Crippen molar-refractivity contribution < 1.29 is 14.6 Å². The van der Waals surface area contributed by atoms with Gasteiger partial charge in [0.25, 0.3) is 0 Å². The number of rotatable bonds is 7. The zero-order valence-electron chi connectivity index (χ0n) is 19.3. The minimum Gasteiger partial charge on any atom is -0.481 e. The predicted molar refractivity (Wildman–Crippen MR) is 136 cm³/mol. The van der Waals surface area contributed by atoms with Crippen LogP contribution in [-0.2, 0) is 17.8 Å². The molecule has 0 bridgehead atoms. The topological polar surface area (TPSA) is 112 Å². The Morgan fingerprint density at radius 2 is 2.20 bits per heavy atom. The van der Waals surface area contributed by atoms with Crippen molar-refractivity contribution in [2.24, 2.45) is 0 Å². The van der Waals surface area contributed by atoms with Gasteiger partial charge in [-0.1, -0.05) is 11.6 Å². The van der Waals surface area contributed by atoms with E-state index in [1.165, 1.54) is 11.8 Å². The van der Waals surface area contributed by atoms with E-state index < -0.39 is 6.10 Å². The molecule has 11 heteroatoms. The van der Waals surface area contributed by atoms with Crippen LogP contribution < -0.4 is 15.4 Å². The van der Waals surface area contributed by atoms with E-state index in [1.54, 1.807) is 19.4 Å². The molecule has 0 spiro atoms. The summed E-state index contributed by atoms with van der Waals surface area (Å²) in [6.07, 6.45) is 2.68. The molecule has 2 atom stereocenters. The highest BCUT2D eigenvalue weighted by Crippen LogP contribution is 2.30. The lowest BCUT2D eigenvalue weighted by Gasteiger charge is -2.36. The highest BCUT2D eigenvalue weighted by molar-refractivity contribution is 8.00. The Labute approximate surface area is 212 Å². The van der Waals surface area contributed by atoms with Gasteiger partial charge in [-0.3, -0.25) is 9.78 Å². The van der Waals surface area contributed by atoms with Crippen molar-refractivity contribution in [3.05, 3.63) is 46.7 Å². The average Bonchev–Trinajstić information content (AvgIpc) is 2.87. The lowest BCUT2D eigenvalue weighted by atomic mass is 10.0. The highest BCUT2D eigenvalue weighted by Gasteiger charge is 2.27. The van der Waals surface area contributed by atoms with Crippen LogP contribution in [0.5, 0.6) is 5.88 Å². The van der Waals surface area contributed by atoms with Crippen LogP contribution >= 0.6 is 23.4 Å². The molecule has 9 nitrogen and oxygen atoms in total. The number of nitrogens with one attached hydrogen (secondary N) is 2. The van der Waals surface area contributed by atoms with Crippen LogP contribution in [0.3, 0.4) is 0 Å². The number of amides is 1. The van der Waals surface area contributed by atoms with E-state index >= 15 is 0 Å². The van der Waals surface area contributed by atoms with E-state index in [9.17, 15) is 9.90 Å². The summed E-state index contributed by atoms with van der Waals surface area (Å²) in [7, 11) is 1.59. The predicted octanol–water partition coefficient (Wildman–Crippen LogP) is 2.50. The van der Waals surface area contributed by atoms with Gasteiger partial charge in [-0.2, -0.15) is 0 Å². The van der Waals surface area contributed by atoms with Crippen molar-refractivity contribution >= 4 is 46.1 Å². The lowest BCUT2D eigenvalue weighted by Crippen LogP contribution is -2.52. The van der Waals surface area contributed by atoms with Crippen LogP contribution in [0.15, 0.2) is 35.4 Å². The fourth-order valence-corrected chi connectivity index (χ4v) is 5.46. The van der Waals surface area contributed by atoms with Crippen molar-refractivity contribution in [3.8, 4) is 5.88 Å². The third-order valence-electron chi connectivity index (χ3n) is 6.37. The Morgan fingerprint density at radius 3 is 3.03 bits per heavy atom. The molecule has 0 radical (unpaired) electrons. The number of pyridine rings is 3. The lowest BCUT2D eigenvalue weighted by molar-refractivity contribution is -0.113. The van der Waals surface area contributed by atoms with Crippen molar-refractivity contribution in [2.75, 3.05) is 37.8 Å². The third-order valence-corrected chi connectivity index (χ3v) is 7.74. The minimum atomic E-state index is -0.500. The first-order chi connectivity index (χ1) is 17.0. The zero-order chi connectivity index (χ0) is 24.4. The molecule has 0 unspecified atom stereocenters. The Balaban J connectivity index is 1.16. The van der Waals surface area contributed by atoms with Crippen molar-refractivity contribution in [1.29, 1.82) is 0 Å². The number of piperidine rings is 1. The summed E-state index contributed by atoms with van der Waals surface area (Å²) in [4.78, 5) is 28.3. The van der Waals surface area contributed by atoms with Gasteiger partial charge in [0.05, 0.1) is 45.6 Å². The Bertz CT molecular complexity index is 1250. The maximum absolute atomic E-state index is 11.6. The molecule has 0 saturated carbocycles. The van der Waals surface area contributed by atoms with E-state index in [4.69, 9.17) is 16.3 Å².